The number of hydrogen-bond donors (Lipinski definition) is 1. The minimum absolute atomic E-state index is 0.0995. The van der Waals surface area contributed by atoms with E-state index in [0.717, 1.165) is 6.07 Å². The van der Waals surface area contributed by atoms with Crippen LogP contribution in [0.4, 0.5) is 4.39 Å². The van der Waals surface area contributed by atoms with Crippen LogP contribution in [0.25, 0.3) is 0 Å². The topological polar surface area (TPSA) is 55.0 Å². The first-order chi connectivity index (χ1) is 7.66. The summed E-state index contributed by atoms with van der Waals surface area (Å²) in [4.78, 5) is 11.5. The fourth-order valence-electron chi connectivity index (χ4n) is 1.07. The van der Waals surface area contributed by atoms with Crippen LogP contribution in [0.15, 0.2) is 30.6 Å². The molecule has 0 saturated heterocycles. The van der Waals surface area contributed by atoms with E-state index in [2.05, 4.69) is 10.2 Å². The third-order valence-corrected chi connectivity index (χ3v) is 2.13. The van der Waals surface area contributed by atoms with E-state index in [-0.39, 0.29) is 16.3 Å². The van der Waals surface area contributed by atoms with Crippen molar-refractivity contribution in [3.05, 3.63) is 47.0 Å². The zero-order chi connectivity index (χ0) is 11.5. The number of carbonyl (C=O) groups excluding carboxylic acids is 1. The zero-order valence-corrected chi connectivity index (χ0v) is 8.66. The summed E-state index contributed by atoms with van der Waals surface area (Å²) in [5, 5.41) is 5.99. The predicted molar refractivity (Wildman–Crippen MR) is 55.0 cm³/mol. The third kappa shape index (κ3) is 2.20. The molecule has 2 aromatic rings. The second-order valence-corrected chi connectivity index (χ2v) is 3.36. The van der Waals surface area contributed by atoms with Gasteiger partial charge in [-0.25, -0.2) is 9.18 Å². The number of aromatic nitrogens is 2. The van der Waals surface area contributed by atoms with E-state index >= 15 is 0 Å². The van der Waals surface area contributed by atoms with E-state index in [1.165, 1.54) is 24.5 Å². The number of rotatable bonds is 2. The van der Waals surface area contributed by atoms with Crippen molar-refractivity contribution >= 4 is 17.6 Å². The number of carbonyl (C=O) groups is 1. The van der Waals surface area contributed by atoms with Gasteiger partial charge in [0.05, 0.1) is 16.8 Å². The summed E-state index contributed by atoms with van der Waals surface area (Å²) in [7, 11) is 0. The molecule has 1 aromatic heterocycles. The summed E-state index contributed by atoms with van der Waals surface area (Å²) in [5.74, 6) is -0.973. The number of ether oxygens (including phenoxy) is 1. The summed E-state index contributed by atoms with van der Waals surface area (Å²) < 4.78 is 17.8. The number of nitrogens with one attached hydrogen (secondary N) is 1. The average Bonchev–Trinajstić information content (AvgIpc) is 2.77. The molecule has 1 N–H and O–H groups in total. The highest BCUT2D eigenvalue weighted by Crippen LogP contribution is 2.21. The first-order valence-electron chi connectivity index (χ1n) is 4.33. The molecular weight excluding hydrogens is 235 g/mol. The molecule has 0 bridgehead atoms. The van der Waals surface area contributed by atoms with Crippen molar-refractivity contribution in [2.75, 3.05) is 0 Å². The van der Waals surface area contributed by atoms with Gasteiger partial charge in [-0.15, -0.1) is 0 Å². The Hall–Kier alpha value is -1.88. The smallest absolute Gasteiger partial charge is 0.346 e. The van der Waals surface area contributed by atoms with Crippen LogP contribution in [0.5, 0.6) is 5.75 Å². The van der Waals surface area contributed by atoms with Gasteiger partial charge in [0.25, 0.3) is 0 Å². The molecule has 0 unspecified atom stereocenters. The molecular formula is C10H6ClFN2O2. The van der Waals surface area contributed by atoms with Gasteiger partial charge in [0.15, 0.2) is 0 Å². The Kier molecular flexibility index (Phi) is 2.87. The van der Waals surface area contributed by atoms with Crippen LogP contribution in [0.2, 0.25) is 5.02 Å². The monoisotopic (exact) mass is 240 g/mol. The summed E-state index contributed by atoms with van der Waals surface area (Å²) in [6.07, 6.45) is 2.72. The second kappa shape index (κ2) is 4.32. The molecule has 1 aromatic carbocycles. The maximum absolute atomic E-state index is 12.8. The third-order valence-electron chi connectivity index (χ3n) is 1.84. The maximum atomic E-state index is 12.8. The van der Waals surface area contributed by atoms with E-state index in [9.17, 15) is 9.18 Å². The number of hydrogen-bond acceptors (Lipinski definition) is 3. The lowest BCUT2D eigenvalue weighted by molar-refractivity contribution is 0.0734. The molecule has 0 radical (unpaired) electrons. The van der Waals surface area contributed by atoms with Crippen LogP contribution >= 0.6 is 11.6 Å². The lowest BCUT2D eigenvalue weighted by Gasteiger charge is -2.02. The first-order valence-corrected chi connectivity index (χ1v) is 4.70. The molecule has 0 saturated carbocycles. The Balaban J connectivity index is 2.15. The number of halogens is 2. The SMILES string of the molecule is O=C(Oc1ccc(F)c(Cl)c1)c1cn[nH]c1. The Labute approximate surface area is 95.0 Å². The van der Waals surface area contributed by atoms with Gasteiger partial charge < -0.3 is 4.74 Å². The van der Waals surface area contributed by atoms with E-state index in [4.69, 9.17) is 16.3 Å². The van der Waals surface area contributed by atoms with Crippen molar-refractivity contribution in [1.29, 1.82) is 0 Å². The van der Waals surface area contributed by atoms with Crippen molar-refractivity contribution in [3.8, 4) is 5.75 Å². The normalized spacial score (nSPS) is 10.1. The average molecular weight is 241 g/mol. The molecule has 0 aliphatic heterocycles. The fraction of sp³-hybridized carbons (Fsp3) is 0. The number of nitrogens with zero attached hydrogens (tertiary/aromatic N) is 1. The molecule has 0 fully saturated rings. The van der Waals surface area contributed by atoms with E-state index in [0.29, 0.717) is 0 Å². The highest BCUT2D eigenvalue weighted by Gasteiger charge is 2.10. The Morgan fingerprint density at radius 1 is 1.50 bits per heavy atom. The minimum atomic E-state index is -0.587. The molecule has 82 valence electrons. The van der Waals surface area contributed by atoms with E-state index in [1.807, 2.05) is 0 Å². The largest absolute Gasteiger partial charge is 0.423 e. The molecule has 0 aliphatic carbocycles. The molecule has 0 spiro atoms. The van der Waals surface area contributed by atoms with Crippen LogP contribution in [0.1, 0.15) is 10.4 Å². The molecule has 1 heterocycles. The minimum Gasteiger partial charge on any atom is -0.423 e. The Morgan fingerprint density at radius 2 is 2.31 bits per heavy atom. The lowest BCUT2D eigenvalue weighted by atomic mass is 10.3. The van der Waals surface area contributed by atoms with Crippen molar-refractivity contribution in [1.82, 2.24) is 10.2 Å². The molecule has 0 amide bonds. The van der Waals surface area contributed by atoms with Gasteiger partial charge in [-0.05, 0) is 12.1 Å². The fourth-order valence-corrected chi connectivity index (χ4v) is 1.24. The highest BCUT2D eigenvalue weighted by atomic mass is 35.5. The number of H-pyrrole nitrogens is 1. The van der Waals surface area contributed by atoms with Crippen LogP contribution in [-0.4, -0.2) is 16.2 Å². The van der Waals surface area contributed by atoms with Crippen LogP contribution in [0.3, 0.4) is 0 Å². The molecule has 2 rings (SSSR count). The standard InChI is InChI=1S/C10H6ClFN2O2/c11-8-3-7(1-2-9(8)12)16-10(15)6-4-13-14-5-6/h1-5H,(H,13,14). The van der Waals surface area contributed by atoms with Gasteiger partial charge in [-0.3, -0.25) is 5.10 Å². The molecule has 6 heteroatoms. The van der Waals surface area contributed by atoms with E-state index < -0.39 is 11.8 Å². The van der Waals surface area contributed by atoms with E-state index in [1.54, 1.807) is 0 Å². The van der Waals surface area contributed by atoms with Gasteiger partial charge in [-0.2, -0.15) is 5.10 Å². The van der Waals surface area contributed by atoms with Crippen molar-refractivity contribution < 1.29 is 13.9 Å². The van der Waals surface area contributed by atoms with Crippen LogP contribution in [0, 0.1) is 5.82 Å². The molecule has 0 atom stereocenters. The number of esters is 1. The highest BCUT2D eigenvalue weighted by molar-refractivity contribution is 6.30. The van der Waals surface area contributed by atoms with Crippen molar-refractivity contribution in [2.24, 2.45) is 0 Å². The second-order valence-electron chi connectivity index (χ2n) is 2.95. The van der Waals surface area contributed by atoms with Crippen molar-refractivity contribution in [3.63, 3.8) is 0 Å². The van der Waals surface area contributed by atoms with Gasteiger partial charge in [0.2, 0.25) is 0 Å². The van der Waals surface area contributed by atoms with Gasteiger partial charge in [0, 0.05) is 12.3 Å². The lowest BCUT2D eigenvalue weighted by Crippen LogP contribution is -2.07. The summed E-state index contributed by atoms with van der Waals surface area (Å²) in [6.45, 7) is 0. The first kappa shape index (κ1) is 10.6. The van der Waals surface area contributed by atoms with Crippen LogP contribution < -0.4 is 4.74 Å². The van der Waals surface area contributed by atoms with Gasteiger partial charge in [-0.1, -0.05) is 11.6 Å². The summed E-state index contributed by atoms with van der Waals surface area (Å²) in [6, 6.07) is 3.67. The molecule has 0 aliphatic rings. The molecule has 4 nitrogen and oxygen atoms in total. The maximum Gasteiger partial charge on any atom is 0.346 e. The number of aromatic amines is 1. The van der Waals surface area contributed by atoms with Gasteiger partial charge >= 0.3 is 5.97 Å². The summed E-state index contributed by atoms with van der Waals surface area (Å²) >= 11 is 5.54. The number of benzene rings is 1. The summed E-state index contributed by atoms with van der Waals surface area (Å²) in [5.41, 5.74) is 0.278. The molecule has 16 heavy (non-hydrogen) atoms. The Bertz CT molecular complexity index is 514. The van der Waals surface area contributed by atoms with Crippen LogP contribution in [-0.2, 0) is 0 Å². The Morgan fingerprint density at radius 3 is 2.94 bits per heavy atom. The quantitative estimate of drug-likeness (QED) is 0.648. The zero-order valence-electron chi connectivity index (χ0n) is 7.91. The predicted octanol–water partition coefficient (Wildman–Crippen LogP) is 2.42. The van der Waals surface area contributed by atoms with Gasteiger partial charge in [0.1, 0.15) is 11.6 Å². The van der Waals surface area contributed by atoms with Crippen molar-refractivity contribution in [2.45, 2.75) is 0 Å².